The van der Waals surface area contributed by atoms with Gasteiger partial charge in [-0.2, -0.15) is 4.98 Å². The van der Waals surface area contributed by atoms with E-state index in [0.29, 0.717) is 29.1 Å². The first-order chi connectivity index (χ1) is 12.6. The Balaban J connectivity index is 1.77. The van der Waals surface area contributed by atoms with E-state index >= 15 is 0 Å². The predicted molar refractivity (Wildman–Crippen MR) is 103 cm³/mol. The number of ether oxygens (including phenoxy) is 2. The number of methoxy groups -OCH3 is 1. The standard InChI is InChI=1S/C20H22N4O2/c1-13(2)14-4-8-17(9-5-14)26-20-18(21)19(22-12-23-20)24-15-6-10-16(25-3)11-7-15/h4-13H,21H2,1-3H3,(H,22,23,24). The Kier molecular flexibility index (Phi) is 5.22. The number of hydrogen-bond donors (Lipinski definition) is 2. The molecule has 6 heteroatoms. The third-order valence-electron chi connectivity index (χ3n) is 3.96. The number of anilines is 3. The second kappa shape index (κ2) is 7.74. The first kappa shape index (κ1) is 17.5. The molecule has 0 aliphatic heterocycles. The summed E-state index contributed by atoms with van der Waals surface area (Å²) in [5.41, 5.74) is 8.60. The molecule has 0 radical (unpaired) electrons. The molecule has 0 spiro atoms. The fourth-order valence-electron chi connectivity index (χ4n) is 2.40. The van der Waals surface area contributed by atoms with Crippen LogP contribution in [0, 0.1) is 0 Å². The molecule has 26 heavy (non-hydrogen) atoms. The normalized spacial score (nSPS) is 10.6. The molecule has 1 heterocycles. The molecule has 3 N–H and O–H groups in total. The number of rotatable bonds is 6. The summed E-state index contributed by atoms with van der Waals surface area (Å²) in [5, 5.41) is 3.16. The molecular formula is C20H22N4O2. The summed E-state index contributed by atoms with van der Waals surface area (Å²) in [7, 11) is 1.63. The summed E-state index contributed by atoms with van der Waals surface area (Å²) in [6.45, 7) is 4.30. The Morgan fingerprint density at radius 3 is 2.19 bits per heavy atom. The van der Waals surface area contributed by atoms with Gasteiger partial charge in [-0.3, -0.25) is 0 Å². The number of hydrogen-bond acceptors (Lipinski definition) is 6. The van der Waals surface area contributed by atoms with Crippen molar-refractivity contribution in [1.29, 1.82) is 0 Å². The quantitative estimate of drug-likeness (QED) is 0.669. The molecule has 0 aliphatic rings. The SMILES string of the molecule is COc1ccc(Nc2ncnc(Oc3ccc(C(C)C)cc3)c2N)cc1. The Morgan fingerprint density at radius 1 is 0.923 bits per heavy atom. The van der Waals surface area contributed by atoms with Gasteiger partial charge in [-0.1, -0.05) is 26.0 Å². The topological polar surface area (TPSA) is 82.3 Å². The second-order valence-corrected chi connectivity index (χ2v) is 6.12. The number of nitrogens with zero attached hydrogens (tertiary/aromatic N) is 2. The van der Waals surface area contributed by atoms with Crippen LogP contribution in [0.1, 0.15) is 25.3 Å². The lowest BCUT2D eigenvalue weighted by Crippen LogP contribution is -2.03. The first-order valence-corrected chi connectivity index (χ1v) is 8.36. The van der Waals surface area contributed by atoms with E-state index in [1.54, 1.807) is 7.11 Å². The number of nitrogens with one attached hydrogen (secondary N) is 1. The number of nitrogens with two attached hydrogens (primary N) is 1. The Hall–Kier alpha value is -3.28. The van der Waals surface area contributed by atoms with Crippen LogP contribution in [-0.4, -0.2) is 17.1 Å². The van der Waals surface area contributed by atoms with Crippen LogP contribution in [0.25, 0.3) is 0 Å². The molecule has 3 aromatic rings. The molecule has 0 fully saturated rings. The van der Waals surface area contributed by atoms with Gasteiger partial charge in [-0.05, 0) is 47.9 Å². The van der Waals surface area contributed by atoms with Crippen LogP contribution in [0.15, 0.2) is 54.9 Å². The van der Waals surface area contributed by atoms with Crippen molar-refractivity contribution < 1.29 is 9.47 Å². The zero-order valence-electron chi connectivity index (χ0n) is 15.1. The Bertz CT molecular complexity index is 862. The van der Waals surface area contributed by atoms with Crippen molar-refractivity contribution in [2.75, 3.05) is 18.2 Å². The van der Waals surface area contributed by atoms with E-state index in [2.05, 4.69) is 29.1 Å². The maximum absolute atomic E-state index is 6.18. The molecule has 0 saturated carbocycles. The molecule has 0 saturated heterocycles. The third kappa shape index (κ3) is 4.03. The molecule has 0 unspecified atom stereocenters. The van der Waals surface area contributed by atoms with Gasteiger partial charge >= 0.3 is 0 Å². The molecule has 6 nitrogen and oxygen atoms in total. The van der Waals surface area contributed by atoms with Crippen LogP contribution in [0.3, 0.4) is 0 Å². The summed E-state index contributed by atoms with van der Waals surface area (Å²) >= 11 is 0. The van der Waals surface area contributed by atoms with Crippen molar-refractivity contribution in [1.82, 2.24) is 9.97 Å². The van der Waals surface area contributed by atoms with E-state index in [1.165, 1.54) is 11.9 Å². The van der Waals surface area contributed by atoms with Crippen molar-refractivity contribution in [3.05, 3.63) is 60.4 Å². The van der Waals surface area contributed by atoms with E-state index in [0.717, 1.165) is 11.4 Å². The lowest BCUT2D eigenvalue weighted by molar-refractivity contribution is 0.415. The zero-order valence-corrected chi connectivity index (χ0v) is 15.1. The van der Waals surface area contributed by atoms with E-state index in [9.17, 15) is 0 Å². The number of nitrogen functional groups attached to an aromatic ring is 1. The van der Waals surface area contributed by atoms with Gasteiger partial charge in [0.2, 0.25) is 5.88 Å². The molecule has 0 aliphatic carbocycles. The van der Waals surface area contributed by atoms with E-state index in [4.69, 9.17) is 15.2 Å². The summed E-state index contributed by atoms with van der Waals surface area (Å²) < 4.78 is 11.0. The second-order valence-electron chi connectivity index (χ2n) is 6.12. The molecular weight excluding hydrogens is 328 g/mol. The van der Waals surface area contributed by atoms with Crippen LogP contribution in [0.5, 0.6) is 17.4 Å². The average molecular weight is 350 g/mol. The highest BCUT2D eigenvalue weighted by Crippen LogP contribution is 2.31. The fourth-order valence-corrected chi connectivity index (χ4v) is 2.40. The predicted octanol–water partition coefficient (Wildman–Crippen LogP) is 4.73. The summed E-state index contributed by atoms with van der Waals surface area (Å²) in [6.07, 6.45) is 1.42. The van der Waals surface area contributed by atoms with Gasteiger partial charge in [-0.15, -0.1) is 0 Å². The minimum Gasteiger partial charge on any atom is -0.497 e. The largest absolute Gasteiger partial charge is 0.497 e. The smallest absolute Gasteiger partial charge is 0.248 e. The molecule has 0 atom stereocenters. The number of benzene rings is 2. The first-order valence-electron chi connectivity index (χ1n) is 8.36. The molecule has 0 amide bonds. The Labute approximate surface area is 153 Å². The summed E-state index contributed by atoms with van der Waals surface area (Å²) in [5.74, 6) is 2.72. The zero-order chi connectivity index (χ0) is 18.5. The monoisotopic (exact) mass is 350 g/mol. The van der Waals surface area contributed by atoms with Gasteiger partial charge in [-0.25, -0.2) is 4.98 Å². The lowest BCUT2D eigenvalue weighted by atomic mass is 10.0. The highest BCUT2D eigenvalue weighted by Gasteiger charge is 2.11. The highest BCUT2D eigenvalue weighted by molar-refractivity contribution is 5.72. The van der Waals surface area contributed by atoms with Gasteiger partial charge in [0.15, 0.2) is 5.82 Å². The minimum absolute atomic E-state index is 0.313. The van der Waals surface area contributed by atoms with Gasteiger partial charge in [0, 0.05) is 5.69 Å². The van der Waals surface area contributed by atoms with E-state index < -0.39 is 0 Å². The molecule has 0 bridgehead atoms. The van der Waals surface area contributed by atoms with E-state index in [-0.39, 0.29) is 0 Å². The highest BCUT2D eigenvalue weighted by atomic mass is 16.5. The van der Waals surface area contributed by atoms with Crippen molar-refractivity contribution in [2.24, 2.45) is 0 Å². The van der Waals surface area contributed by atoms with Crippen LogP contribution >= 0.6 is 0 Å². The third-order valence-corrected chi connectivity index (χ3v) is 3.96. The lowest BCUT2D eigenvalue weighted by Gasteiger charge is -2.12. The van der Waals surface area contributed by atoms with Crippen LogP contribution < -0.4 is 20.5 Å². The minimum atomic E-state index is 0.313. The molecule has 134 valence electrons. The molecule has 2 aromatic carbocycles. The van der Waals surface area contributed by atoms with Crippen LogP contribution in [0.2, 0.25) is 0 Å². The Morgan fingerprint density at radius 2 is 1.58 bits per heavy atom. The maximum atomic E-state index is 6.18. The van der Waals surface area contributed by atoms with Crippen molar-refractivity contribution in [3.8, 4) is 17.4 Å². The maximum Gasteiger partial charge on any atom is 0.248 e. The van der Waals surface area contributed by atoms with Gasteiger partial charge in [0.1, 0.15) is 23.5 Å². The van der Waals surface area contributed by atoms with Crippen LogP contribution in [-0.2, 0) is 0 Å². The van der Waals surface area contributed by atoms with Crippen molar-refractivity contribution in [3.63, 3.8) is 0 Å². The van der Waals surface area contributed by atoms with Crippen molar-refractivity contribution >= 4 is 17.2 Å². The molecule has 1 aromatic heterocycles. The van der Waals surface area contributed by atoms with Gasteiger partial charge in [0.05, 0.1) is 7.11 Å². The van der Waals surface area contributed by atoms with Crippen LogP contribution in [0.4, 0.5) is 17.2 Å². The van der Waals surface area contributed by atoms with Gasteiger partial charge < -0.3 is 20.5 Å². The molecule has 3 rings (SSSR count). The van der Waals surface area contributed by atoms with Gasteiger partial charge in [0.25, 0.3) is 0 Å². The fraction of sp³-hybridized carbons (Fsp3) is 0.200. The summed E-state index contributed by atoms with van der Waals surface area (Å²) in [4.78, 5) is 8.34. The van der Waals surface area contributed by atoms with E-state index in [1.807, 2.05) is 48.5 Å². The summed E-state index contributed by atoms with van der Waals surface area (Å²) in [6, 6.07) is 15.4. The average Bonchev–Trinajstić information content (AvgIpc) is 2.66. The number of aromatic nitrogens is 2. The van der Waals surface area contributed by atoms with Crippen molar-refractivity contribution in [2.45, 2.75) is 19.8 Å².